The Morgan fingerprint density at radius 3 is 1.43 bits per heavy atom. The second kappa shape index (κ2) is 7.33. The lowest BCUT2D eigenvalue weighted by atomic mass is 9.83. The predicted molar refractivity (Wildman–Crippen MR) is 117 cm³/mol. The van der Waals surface area contributed by atoms with Gasteiger partial charge in [0.15, 0.2) is 0 Å². The smallest absolute Gasteiger partial charge is 0.224 e. The number of nitrogens with zero attached hydrogens (tertiary/aromatic N) is 2. The van der Waals surface area contributed by atoms with Crippen LogP contribution in [0.4, 0.5) is 0 Å². The summed E-state index contributed by atoms with van der Waals surface area (Å²) in [6.45, 7) is 3.10. The SMILES string of the molecule is CC(=O)N1C=C(Br)c2ccccc2[C@@H]1[C@@H]1c2ccccc2C(Br)=CN1C(C)=O. The predicted octanol–water partition coefficient (Wildman–Crippen LogP) is 5.58. The van der Waals surface area contributed by atoms with E-state index in [1.54, 1.807) is 23.6 Å². The number of carbonyl (C=O) groups excluding carboxylic acids is 2. The van der Waals surface area contributed by atoms with Gasteiger partial charge in [0.1, 0.15) is 0 Å². The van der Waals surface area contributed by atoms with E-state index < -0.39 is 0 Å². The standard InChI is InChI=1S/C22H18Br2N2O2/c1-13(27)25-11-19(23)15-7-3-5-9-17(15)21(25)22-18-10-6-4-8-16(18)20(24)12-26(22)14(2)28/h3-12,21-22H,1-2H3/t21-,22+. The van der Waals surface area contributed by atoms with Crippen molar-refractivity contribution in [1.82, 2.24) is 9.80 Å². The first-order chi connectivity index (χ1) is 13.4. The first kappa shape index (κ1) is 19.2. The topological polar surface area (TPSA) is 40.6 Å². The van der Waals surface area contributed by atoms with Crippen molar-refractivity contribution >= 4 is 52.6 Å². The molecular weight excluding hydrogens is 484 g/mol. The average Bonchev–Trinajstić information content (AvgIpc) is 2.68. The van der Waals surface area contributed by atoms with E-state index in [-0.39, 0.29) is 23.9 Å². The lowest BCUT2D eigenvalue weighted by Crippen LogP contribution is -2.43. The molecule has 0 saturated heterocycles. The Bertz CT molecular complexity index is 961. The summed E-state index contributed by atoms with van der Waals surface area (Å²) in [6, 6.07) is 15.3. The fourth-order valence-electron chi connectivity index (χ4n) is 4.01. The molecule has 4 rings (SSSR count). The zero-order valence-electron chi connectivity index (χ0n) is 15.4. The minimum Gasteiger partial charge on any atom is -0.308 e. The number of amides is 2. The number of carbonyl (C=O) groups is 2. The molecule has 28 heavy (non-hydrogen) atoms. The van der Waals surface area contributed by atoms with Gasteiger partial charge < -0.3 is 9.80 Å². The third-order valence-corrected chi connectivity index (χ3v) is 6.47. The molecule has 142 valence electrons. The lowest BCUT2D eigenvalue weighted by Gasteiger charge is -2.44. The highest BCUT2D eigenvalue weighted by Gasteiger charge is 2.42. The van der Waals surface area contributed by atoms with Crippen LogP contribution in [0.1, 0.15) is 48.2 Å². The van der Waals surface area contributed by atoms with Crippen molar-refractivity contribution in [3.8, 4) is 0 Å². The molecular formula is C22H18Br2N2O2. The largest absolute Gasteiger partial charge is 0.308 e. The molecule has 0 bridgehead atoms. The van der Waals surface area contributed by atoms with E-state index in [0.717, 1.165) is 31.2 Å². The zero-order valence-corrected chi connectivity index (χ0v) is 18.6. The van der Waals surface area contributed by atoms with Crippen LogP contribution >= 0.6 is 31.9 Å². The Balaban J connectivity index is 1.99. The number of hydrogen-bond acceptors (Lipinski definition) is 2. The van der Waals surface area contributed by atoms with Crippen molar-refractivity contribution in [2.75, 3.05) is 0 Å². The quantitative estimate of drug-likeness (QED) is 0.511. The van der Waals surface area contributed by atoms with Gasteiger partial charge in [0.05, 0.1) is 12.1 Å². The van der Waals surface area contributed by atoms with Gasteiger partial charge >= 0.3 is 0 Å². The molecule has 4 nitrogen and oxygen atoms in total. The molecule has 0 aliphatic carbocycles. The van der Waals surface area contributed by atoms with E-state index in [1.165, 1.54) is 0 Å². The van der Waals surface area contributed by atoms with E-state index in [1.807, 2.05) is 60.9 Å². The van der Waals surface area contributed by atoms with Gasteiger partial charge in [0.2, 0.25) is 11.8 Å². The second-order valence-corrected chi connectivity index (χ2v) is 8.58. The summed E-state index contributed by atoms with van der Waals surface area (Å²) in [5.74, 6) is -0.155. The van der Waals surface area contributed by atoms with Gasteiger partial charge in [-0.15, -0.1) is 0 Å². The molecule has 0 saturated carbocycles. The van der Waals surface area contributed by atoms with E-state index in [2.05, 4.69) is 31.9 Å². The van der Waals surface area contributed by atoms with Crippen molar-refractivity contribution in [2.24, 2.45) is 0 Å². The molecule has 2 amide bonds. The third-order valence-electron chi connectivity index (χ3n) is 5.20. The molecule has 2 aliphatic rings. The minimum absolute atomic E-state index is 0.0777. The average molecular weight is 502 g/mol. The van der Waals surface area contributed by atoms with Gasteiger partial charge in [-0.2, -0.15) is 0 Å². The van der Waals surface area contributed by atoms with Crippen LogP contribution in [0.3, 0.4) is 0 Å². The Morgan fingerprint density at radius 2 is 1.07 bits per heavy atom. The van der Waals surface area contributed by atoms with Crippen LogP contribution < -0.4 is 0 Å². The Hall–Kier alpha value is -2.18. The molecule has 0 N–H and O–H groups in total. The molecule has 6 heteroatoms. The fourth-order valence-corrected chi connectivity index (χ4v) is 5.17. The van der Waals surface area contributed by atoms with Gasteiger partial charge in [0.25, 0.3) is 0 Å². The highest BCUT2D eigenvalue weighted by atomic mass is 79.9. The van der Waals surface area contributed by atoms with Crippen LogP contribution in [0, 0.1) is 0 Å². The van der Waals surface area contributed by atoms with Crippen molar-refractivity contribution in [2.45, 2.75) is 25.9 Å². The summed E-state index contributed by atoms with van der Waals surface area (Å²) < 4.78 is 1.70. The van der Waals surface area contributed by atoms with Gasteiger partial charge in [-0.05, 0) is 54.1 Å². The fraction of sp³-hybridized carbons (Fsp3) is 0.182. The van der Waals surface area contributed by atoms with Crippen molar-refractivity contribution < 1.29 is 9.59 Å². The zero-order chi connectivity index (χ0) is 20.0. The maximum Gasteiger partial charge on any atom is 0.224 e. The Labute approximate surface area is 180 Å². The van der Waals surface area contributed by atoms with Crippen LogP contribution in [-0.2, 0) is 9.59 Å². The number of hydrogen-bond donors (Lipinski definition) is 0. The number of halogens is 2. The summed E-state index contributed by atoms with van der Waals surface area (Å²) in [4.78, 5) is 28.6. The van der Waals surface area contributed by atoms with Crippen LogP contribution in [-0.4, -0.2) is 21.6 Å². The van der Waals surface area contributed by atoms with Gasteiger partial charge in [-0.25, -0.2) is 0 Å². The Kier molecular flexibility index (Phi) is 5.02. The van der Waals surface area contributed by atoms with E-state index in [9.17, 15) is 9.59 Å². The second-order valence-electron chi connectivity index (χ2n) is 6.87. The number of fused-ring (bicyclic) bond motifs is 2. The molecule has 2 atom stereocenters. The Morgan fingerprint density at radius 1 is 0.714 bits per heavy atom. The molecule has 0 radical (unpaired) electrons. The van der Waals surface area contributed by atoms with Crippen molar-refractivity contribution in [3.63, 3.8) is 0 Å². The number of benzene rings is 2. The molecule has 2 aromatic rings. The lowest BCUT2D eigenvalue weighted by molar-refractivity contribution is -0.134. The first-order valence-electron chi connectivity index (χ1n) is 8.91. The van der Waals surface area contributed by atoms with E-state index in [4.69, 9.17) is 0 Å². The monoisotopic (exact) mass is 500 g/mol. The van der Waals surface area contributed by atoms with Gasteiger partial charge in [0, 0.05) is 35.2 Å². The first-order valence-corrected chi connectivity index (χ1v) is 10.5. The molecule has 2 aromatic carbocycles. The summed E-state index contributed by atoms with van der Waals surface area (Å²) in [7, 11) is 0. The van der Waals surface area contributed by atoms with Crippen LogP contribution in [0.25, 0.3) is 8.96 Å². The highest BCUT2D eigenvalue weighted by molar-refractivity contribution is 9.15. The normalized spacial score (nSPS) is 20.7. The summed E-state index contributed by atoms with van der Waals surface area (Å²) in [5.41, 5.74) is 4.06. The summed E-state index contributed by atoms with van der Waals surface area (Å²) >= 11 is 7.20. The van der Waals surface area contributed by atoms with Gasteiger partial charge in [-0.3, -0.25) is 9.59 Å². The van der Waals surface area contributed by atoms with Crippen LogP contribution in [0.2, 0.25) is 0 Å². The highest BCUT2D eigenvalue weighted by Crippen LogP contribution is 2.50. The summed E-state index contributed by atoms with van der Waals surface area (Å²) in [5, 5.41) is 0. The minimum atomic E-state index is -0.336. The molecule has 0 spiro atoms. The van der Waals surface area contributed by atoms with E-state index in [0.29, 0.717) is 0 Å². The number of rotatable bonds is 1. The molecule has 0 fully saturated rings. The maximum atomic E-state index is 12.6. The van der Waals surface area contributed by atoms with Crippen LogP contribution in [0.5, 0.6) is 0 Å². The van der Waals surface area contributed by atoms with Crippen LogP contribution in [0.15, 0.2) is 60.9 Å². The maximum absolute atomic E-state index is 12.6. The third kappa shape index (κ3) is 3.05. The van der Waals surface area contributed by atoms with Gasteiger partial charge in [-0.1, -0.05) is 48.5 Å². The van der Waals surface area contributed by atoms with Crippen molar-refractivity contribution in [3.05, 3.63) is 83.2 Å². The summed E-state index contributed by atoms with van der Waals surface area (Å²) in [6.07, 6.45) is 3.65. The molecule has 0 aromatic heterocycles. The molecule has 2 aliphatic heterocycles. The molecule has 2 heterocycles. The van der Waals surface area contributed by atoms with Crippen molar-refractivity contribution in [1.29, 1.82) is 0 Å². The molecule has 0 unspecified atom stereocenters. The van der Waals surface area contributed by atoms with E-state index >= 15 is 0 Å².